The molecule has 2 fully saturated rings. The van der Waals surface area contributed by atoms with Crippen molar-refractivity contribution in [3.05, 3.63) is 35.4 Å². The molecule has 1 aliphatic heterocycles. The summed E-state index contributed by atoms with van der Waals surface area (Å²) in [5.74, 6) is 0. The zero-order valence-corrected chi connectivity index (χ0v) is 12.0. The van der Waals surface area contributed by atoms with Gasteiger partial charge in [-0.2, -0.15) is 0 Å². The minimum absolute atomic E-state index is 0.486. The number of piperazine rings is 1. The van der Waals surface area contributed by atoms with Crippen LogP contribution >= 0.6 is 12.2 Å². The van der Waals surface area contributed by atoms with Crippen molar-refractivity contribution in [2.75, 3.05) is 26.2 Å². The van der Waals surface area contributed by atoms with Crippen molar-refractivity contribution in [1.29, 1.82) is 0 Å². The van der Waals surface area contributed by atoms with Crippen LogP contribution in [0.2, 0.25) is 0 Å². The maximum atomic E-state index is 5.69. The van der Waals surface area contributed by atoms with Gasteiger partial charge in [0, 0.05) is 44.3 Å². The molecule has 3 rings (SSSR count). The van der Waals surface area contributed by atoms with E-state index in [1.54, 1.807) is 0 Å². The number of rotatable bonds is 4. The molecule has 2 N–H and O–H groups in total. The molecular weight excluding hydrogens is 254 g/mol. The van der Waals surface area contributed by atoms with Gasteiger partial charge in [-0.1, -0.05) is 30.4 Å². The molecule has 3 nitrogen and oxygen atoms in total. The first-order chi connectivity index (χ1) is 9.22. The molecule has 1 aliphatic carbocycles. The number of hydrogen-bond acceptors (Lipinski definition) is 3. The summed E-state index contributed by atoms with van der Waals surface area (Å²) in [7, 11) is 0. The van der Waals surface area contributed by atoms with Gasteiger partial charge in [0.1, 0.15) is 4.99 Å². The fraction of sp³-hybridized carbons (Fsp3) is 0.533. The van der Waals surface area contributed by atoms with Crippen molar-refractivity contribution >= 4 is 17.2 Å². The molecule has 1 saturated heterocycles. The Bertz CT molecular complexity index is 462. The SMILES string of the molecule is NC(=S)c1cccc(CN2CCN(C3CC3)CC2)c1. The average Bonchev–Trinajstić information content (AvgIpc) is 3.24. The van der Waals surface area contributed by atoms with Crippen LogP contribution in [-0.4, -0.2) is 47.0 Å². The Balaban J connectivity index is 1.56. The largest absolute Gasteiger partial charge is 0.389 e. The Kier molecular flexibility index (Phi) is 3.82. The third-order valence-corrected chi connectivity index (χ3v) is 4.32. The molecule has 0 aromatic heterocycles. The summed E-state index contributed by atoms with van der Waals surface area (Å²) in [6.45, 7) is 5.80. The van der Waals surface area contributed by atoms with E-state index in [1.165, 1.54) is 44.6 Å². The van der Waals surface area contributed by atoms with Gasteiger partial charge in [-0.05, 0) is 24.5 Å². The number of hydrogen-bond donors (Lipinski definition) is 1. The van der Waals surface area contributed by atoms with E-state index in [0.29, 0.717) is 4.99 Å². The second kappa shape index (κ2) is 5.57. The van der Waals surface area contributed by atoms with E-state index in [2.05, 4.69) is 21.9 Å². The molecule has 0 spiro atoms. The van der Waals surface area contributed by atoms with Gasteiger partial charge in [-0.3, -0.25) is 9.80 Å². The molecule has 1 heterocycles. The van der Waals surface area contributed by atoms with Crippen LogP contribution in [0.4, 0.5) is 0 Å². The molecular formula is C15H21N3S. The lowest BCUT2D eigenvalue weighted by molar-refractivity contribution is 0.121. The Morgan fingerprint density at radius 1 is 1.21 bits per heavy atom. The first-order valence-electron chi connectivity index (χ1n) is 7.07. The van der Waals surface area contributed by atoms with Crippen LogP contribution in [0.25, 0.3) is 0 Å². The number of thiocarbonyl (C=S) groups is 1. The summed E-state index contributed by atoms with van der Waals surface area (Å²) in [6.07, 6.45) is 2.83. The summed E-state index contributed by atoms with van der Waals surface area (Å²) < 4.78 is 0. The van der Waals surface area contributed by atoms with E-state index in [0.717, 1.165) is 18.2 Å². The number of benzene rings is 1. The zero-order chi connectivity index (χ0) is 13.2. The second-order valence-electron chi connectivity index (χ2n) is 5.61. The monoisotopic (exact) mass is 275 g/mol. The molecule has 0 unspecified atom stereocenters. The molecule has 19 heavy (non-hydrogen) atoms. The van der Waals surface area contributed by atoms with Crippen LogP contribution in [0.3, 0.4) is 0 Å². The van der Waals surface area contributed by atoms with Crippen LogP contribution in [-0.2, 0) is 6.54 Å². The summed E-state index contributed by atoms with van der Waals surface area (Å²) in [5.41, 5.74) is 7.97. The highest BCUT2D eigenvalue weighted by Crippen LogP contribution is 2.27. The summed E-state index contributed by atoms with van der Waals surface area (Å²) in [4.78, 5) is 5.65. The number of nitrogens with two attached hydrogens (primary N) is 1. The summed E-state index contributed by atoms with van der Waals surface area (Å²) in [6, 6.07) is 9.21. The summed E-state index contributed by atoms with van der Waals surface area (Å²) >= 11 is 5.03. The molecule has 2 aliphatic rings. The highest BCUT2D eigenvalue weighted by molar-refractivity contribution is 7.80. The predicted molar refractivity (Wildman–Crippen MR) is 82.2 cm³/mol. The van der Waals surface area contributed by atoms with Crippen molar-refractivity contribution in [3.8, 4) is 0 Å². The van der Waals surface area contributed by atoms with Crippen LogP contribution < -0.4 is 5.73 Å². The van der Waals surface area contributed by atoms with Gasteiger partial charge >= 0.3 is 0 Å². The van der Waals surface area contributed by atoms with Gasteiger partial charge in [-0.25, -0.2) is 0 Å². The maximum Gasteiger partial charge on any atom is 0.103 e. The van der Waals surface area contributed by atoms with Crippen LogP contribution in [0.15, 0.2) is 24.3 Å². The first kappa shape index (κ1) is 13.0. The quantitative estimate of drug-likeness (QED) is 0.846. The zero-order valence-electron chi connectivity index (χ0n) is 11.2. The van der Waals surface area contributed by atoms with Crippen molar-refractivity contribution < 1.29 is 0 Å². The highest BCUT2D eigenvalue weighted by Gasteiger charge is 2.30. The van der Waals surface area contributed by atoms with Crippen LogP contribution in [0.5, 0.6) is 0 Å². The van der Waals surface area contributed by atoms with E-state index in [-0.39, 0.29) is 0 Å². The van der Waals surface area contributed by atoms with E-state index in [1.807, 2.05) is 12.1 Å². The standard InChI is InChI=1S/C15H21N3S/c16-15(19)13-3-1-2-12(10-13)11-17-6-8-18(9-7-17)14-4-5-14/h1-3,10,14H,4-9,11H2,(H2,16,19). The molecule has 1 aromatic carbocycles. The maximum absolute atomic E-state index is 5.69. The average molecular weight is 275 g/mol. The Morgan fingerprint density at radius 3 is 2.58 bits per heavy atom. The van der Waals surface area contributed by atoms with E-state index >= 15 is 0 Å². The minimum Gasteiger partial charge on any atom is -0.389 e. The number of nitrogens with zero attached hydrogens (tertiary/aromatic N) is 2. The van der Waals surface area contributed by atoms with Crippen molar-refractivity contribution in [2.24, 2.45) is 5.73 Å². The first-order valence-corrected chi connectivity index (χ1v) is 7.48. The van der Waals surface area contributed by atoms with Gasteiger partial charge < -0.3 is 5.73 Å². The predicted octanol–water partition coefficient (Wildman–Crippen LogP) is 1.60. The van der Waals surface area contributed by atoms with Gasteiger partial charge in [0.05, 0.1) is 0 Å². The van der Waals surface area contributed by atoms with Crippen LogP contribution in [0.1, 0.15) is 24.0 Å². The lowest BCUT2D eigenvalue weighted by atomic mass is 10.1. The fourth-order valence-electron chi connectivity index (χ4n) is 2.81. The van der Waals surface area contributed by atoms with Crippen molar-refractivity contribution in [1.82, 2.24) is 9.80 Å². The fourth-order valence-corrected chi connectivity index (χ4v) is 2.93. The van der Waals surface area contributed by atoms with E-state index < -0.39 is 0 Å². The minimum atomic E-state index is 0.486. The van der Waals surface area contributed by atoms with E-state index in [9.17, 15) is 0 Å². The van der Waals surface area contributed by atoms with Gasteiger partial charge in [-0.15, -0.1) is 0 Å². The van der Waals surface area contributed by atoms with Gasteiger partial charge in [0.25, 0.3) is 0 Å². The van der Waals surface area contributed by atoms with Gasteiger partial charge in [0.15, 0.2) is 0 Å². The van der Waals surface area contributed by atoms with Crippen LogP contribution in [0, 0.1) is 0 Å². The third kappa shape index (κ3) is 3.32. The molecule has 0 atom stereocenters. The Morgan fingerprint density at radius 2 is 1.95 bits per heavy atom. The topological polar surface area (TPSA) is 32.5 Å². The molecule has 0 radical (unpaired) electrons. The van der Waals surface area contributed by atoms with Crippen molar-refractivity contribution in [2.45, 2.75) is 25.4 Å². The molecule has 1 saturated carbocycles. The second-order valence-corrected chi connectivity index (χ2v) is 6.05. The molecule has 0 amide bonds. The molecule has 0 bridgehead atoms. The Labute approximate surface area is 120 Å². The normalized spacial score (nSPS) is 21.5. The summed E-state index contributed by atoms with van der Waals surface area (Å²) in [5, 5.41) is 0. The lowest BCUT2D eigenvalue weighted by Gasteiger charge is -2.34. The van der Waals surface area contributed by atoms with Crippen molar-refractivity contribution in [3.63, 3.8) is 0 Å². The smallest absolute Gasteiger partial charge is 0.103 e. The molecule has 1 aromatic rings. The van der Waals surface area contributed by atoms with E-state index in [4.69, 9.17) is 18.0 Å². The highest BCUT2D eigenvalue weighted by atomic mass is 32.1. The Hall–Kier alpha value is -0.970. The lowest BCUT2D eigenvalue weighted by Crippen LogP contribution is -2.46. The molecule has 4 heteroatoms. The third-order valence-electron chi connectivity index (χ3n) is 4.09. The molecule has 102 valence electrons. The van der Waals surface area contributed by atoms with Gasteiger partial charge in [0.2, 0.25) is 0 Å².